The number of hydrogen-bond acceptors (Lipinski definition) is 9. The van der Waals surface area contributed by atoms with Crippen molar-refractivity contribution in [1.29, 1.82) is 0 Å². The van der Waals surface area contributed by atoms with E-state index in [0.29, 0.717) is 18.7 Å². The number of rotatable bonds is 12. The lowest BCUT2D eigenvalue weighted by Crippen LogP contribution is -2.52. The molecule has 0 radical (unpaired) electrons. The van der Waals surface area contributed by atoms with Crippen LogP contribution in [-0.2, 0) is 25.5 Å². The summed E-state index contributed by atoms with van der Waals surface area (Å²) < 4.78 is 10.2. The second kappa shape index (κ2) is 16.2. The van der Waals surface area contributed by atoms with Crippen LogP contribution in [0.3, 0.4) is 0 Å². The molecule has 282 valence electrons. The quantitative estimate of drug-likeness (QED) is 0.175. The number of nitrogens with one attached hydrogen (secondary N) is 3. The molecule has 3 amide bonds. The van der Waals surface area contributed by atoms with Crippen LogP contribution in [0.25, 0.3) is 28.0 Å². The highest BCUT2D eigenvalue weighted by molar-refractivity contribution is 6.04. The number of benzene rings is 2. The van der Waals surface area contributed by atoms with Gasteiger partial charge in [-0.2, -0.15) is 15.4 Å². The minimum Gasteiger partial charge on any atom is -0.453 e. The standard InChI is InChI=1S/C40H47N9O5/c1-24(25(2)53-3)38(50)49-18-6-8-36(49)37-42-23-34(44-37)29-15-13-27(14-16-29)26-9-11-28(12-10-26)30-19-32(41-21-30)35-7-5-17-48(35)39(51)33(45-40(52)54-4)20-31-22-43-47-46-31/h9-16,21-25,33,35-36H,5-8,17-20H2,1-4H3,(H,42,44)(H,45,52)(H,43,46,47)/t24-,25?,33-,35-,36-/m0/s1. The SMILES string of the molecule is COC(=O)N[C@@H](Cc1cn[nH]n1)C(=O)N1CCC[C@H]1C1=NC=C(c2ccc(-c3ccc(-c4cnc([C@@H]5CCCN5C(=O)[C@@H](C)C(C)OC)[nH]4)cc3)cc2)C1. The summed E-state index contributed by atoms with van der Waals surface area (Å²) in [5.74, 6) is 0.504. The summed E-state index contributed by atoms with van der Waals surface area (Å²) in [6.45, 7) is 5.16. The molecule has 54 heavy (non-hydrogen) atoms. The van der Waals surface area contributed by atoms with Gasteiger partial charge in [-0.3, -0.25) is 14.6 Å². The predicted molar refractivity (Wildman–Crippen MR) is 203 cm³/mol. The van der Waals surface area contributed by atoms with Gasteiger partial charge in [0.15, 0.2) is 0 Å². The Morgan fingerprint density at radius 3 is 2.17 bits per heavy atom. The zero-order valence-corrected chi connectivity index (χ0v) is 31.1. The molecule has 3 aliphatic rings. The van der Waals surface area contributed by atoms with E-state index in [9.17, 15) is 14.4 Å². The van der Waals surface area contributed by atoms with Crippen molar-refractivity contribution in [3.05, 3.63) is 84.2 Å². The maximum absolute atomic E-state index is 13.8. The third kappa shape index (κ3) is 7.70. The zero-order chi connectivity index (χ0) is 37.8. The van der Waals surface area contributed by atoms with Crippen LogP contribution < -0.4 is 5.32 Å². The molecule has 2 aromatic carbocycles. The lowest BCUT2D eigenvalue weighted by atomic mass is 9.96. The number of amides is 3. The molecule has 14 heteroatoms. The van der Waals surface area contributed by atoms with Crippen molar-refractivity contribution in [1.82, 2.24) is 40.5 Å². The van der Waals surface area contributed by atoms with Crippen molar-refractivity contribution in [2.45, 2.75) is 76.6 Å². The van der Waals surface area contributed by atoms with E-state index in [2.05, 4.69) is 74.2 Å². The number of aliphatic imine (C=N–C) groups is 1. The summed E-state index contributed by atoms with van der Waals surface area (Å²) in [4.78, 5) is 55.8. The minimum absolute atomic E-state index is 0.0647. The molecular formula is C40H47N9O5. The van der Waals surface area contributed by atoms with Crippen molar-refractivity contribution < 1.29 is 23.9 Å². The number of hydrogen-bond donors (Lipinski definition) is 3. The Labute approximate surface area is 314 Å². The van der Waals surface area contributed by atoms with E-state index in [-0.39, 0.29) is 42.3 Å². The molecule has 0 saturated carbocycles. The molecule has 0 bridgehead atoms. The second-order valence-corrected chi connectivity index (χ2v) is 14.3. The Kier molecular flexibility index (Phi) is 11.0. The van der Waals surface area contributed by atoms with Gasteiger partial charge in [0.05, 0.1) is 55.0 Å². The third-order valence-corrected chi connectivity index (χ3v) is 11.0. The van der Waals surface area contributed by atoms with E-state index in [1.165, 1.54) is 13.3 Å². The molecule has 5 heterocycles. The van der Waals surface area contributed by atoms with Crippen LogP contribution in [0, 0.1) is 5.92 Å². The lowest BCUT2D eigenvalue weighted by Gasteiger charge is -2.29. The summed E-state index contributed by atoms with van der Waals surface area (Å²) in [5, 5.41) is 13.1. The highest BCUT2D eigenvalue weighted by atomic mass is 16.5. The van der Waals surface area contributed by atoms with Crippen LogP contribution in [0.5, 0.6) is 0 Å². The highest BCUT2D eigenvalue weighted by Gasteiger charge is 2.38. The summed E-state index contributed by atoms with van der Waals surface area (Å²) in [6.07, 6.45) is 8.79. The van der Waals surface area contributed by atoms with Crippen LogP contribution in [0.2, 0.25) is 0 Å². The number of carbonyl (C=O) groups is 3. The van der Waals surface area contributed by atoms with Gasteiger partial charge in [-0.25, -0.2) is 9.78 Å². The monoisotopic (exact) mass is 733 g/mol. The fourth-order valence-electron chi connectivity index (χ4n) is 7.69. The normalized spacial score (nSPS) is 20.0. The number of H-pyrrole nitrogens is 2. The number of methoxy groups -OCH3 is 2. The van der Waals surface area contributed by atoms with Crippen LogP contribution >= 0.6 is 0 Å². The van der Waals surface area contributed by atoms with E-state index in [1.54, 1.807) is 7.11 Å². The number of alkyl carbamates (subject to hydrolysis) is 1. The number of allylic oxidation sites excluding steroid dienone is 1. The Bertz CT molecular complexity index is 2010. The molecule has 4 aromatic rings. The summed E-state index contributed by atoms with van der Waals surface area (Å²) in [5.41, 5.74) is 7.82. The molecule has 1 unspecified atom stereocenters. The molecule has 0 spiro atoms. The summed E-state index contributed by atoms with van der Waals surface area (Å²) in [7, 11) is 2.91. The molecule has 3 aliphatic heterocycles. The molecule has 14 nitrogen and oxygen atoms in total. The van der Waals surface area contributed by atoms with Crippen LogP contribution in [0.1, 0.15) is 69.1 Å². The predicted octanol–water partition coefficient (Wildman–Crippen LogP) is 5.34. The first kappa shape index (κ1) is 36.7. The van der Waals surface area contributed by atoms with Gasteiger partial charge >= 0.3 is 6.09 Å². The molecule has 2 saturated heterocycles. The number of carbonyl (C=O) groups excluding carboxylic acids is 3. The maximum atomic E-state index is 13.8. The average molecular weight is 734 g/mol. The Morgan fingerprint density at radius 2 is 1.52 bits per heavy atom. The largest absolute Gasteiger partial charge is 0.453 e. The third-order valence-electron chi connectivity index (χ3n) is 11.0. The van der Waals surface area contributed by atoms with Gasteiger partial charge in [-0.1, -0.05) is 55.5 Å². The number of aromatic amines is 2. The van der Waals surface area contributed by atoms with Crippen LogP contribution in [0.4, 0.5) is 4.79 Å². The Hall–Kier alpha value is -5.63. The smallest absolute Gasteiger partial charge is 0.407 e. The van der Waals surface area contributed by atoms with E-state index < -0.39 is 12.1 Å². The van der Waals surface area contributed by atoms with Crippen molar-refractivity contribution >= 4 is 29.2 Å². The van der Waals surface area contributed by atoms with Gasteiger partial charge in [0.2, 0.25) is 11.8 Å². The van der Waals surface area contributed by atoms with E-state index in [0.717, 1.165) is 77.3 Å². The number of aromatic nitrogens is 5. The number of likely N-dealkylation sites (tertiary alicyclic amines) is 2. The first-order valence-electron chi connectivity index (χ1n) is 18.6. The first-order valence-corrected chi connectivity index (χ1v) is 18.6. The number of ether oxygens (including phenoxy) is 2. The van der Waals surface area contributed by atoms with Gasteiger partial charge in [0.1, 0.15) is 11.9 Å². The topological polar surface area (TPSA) is 171 Å². The van der Waals surface area contributed by atoms with Gasteiger partial charge in [0, 0.05) is 45.0 Å². The van der Waals surface area contributed by atoms with Crippen molar-refractivity contribution in [2.24, 2.45) is 10.9 Å². The molecule has 3 N–H and O–H groups in total. The van der Waals surface area contributed by atoms with Gasteiger partial charge in [0.25, 0.3) is 0 Å². The average Bonchev–Trinajstić information content (AvgIpc) is 4.06. The zero-order valence-electron chi connectivity index (χ0n) is 31.1. The van der Waals surface area contributed by atoms with Crippen LogP contribution in [-0.4, -0.2) is 104 Å². The summed E-state index contributed by atoms with van der Waals surface area (Å²) >= 11 is 0. The molecule has 0 aliphatic carbocycles. The van der Waals surface area contributed by atoms with E-state index >= 15 is 0 Å². The minimum atomic E-state index is -0.838. The fraction of sp³-hybridized carbons (Fsp3) is 0.425. The molecule has 2 aromatic heterocycles. The van der Waals surface area contributed by atoms with E-state index in [4.69, 9.17) is 19.5 Å². The van der Waals surface area contributed by atoms with Gasteiger partial charge in [-0.15, -0.1) is 0 Å². The molecule has 2 fully saturated rings. The van der Waals surface area contributed by atoms with Crippen molar-refractivity contribution in [2.75, 3.05) is 27.3 Å². The summed E-state index contributed by atoms with van der Waals surface area (Å²) in [6, 6.07) is 15.8. The Morgan fingerprint density at radius 1 is 0.870 bits per heavy atom. The van der Waals surface area contributed by atoms with Crippen LogP contribution in [0.15, 0.2) is 72.1 Å². The van der Waals surface area contributed by atoms with Gasteiger partial charge < -0.3 is 29.6 Å². The van der Waals surface area contributed by atoms with Gasteiger partial charge in [-0.05, 0) is 60.4 Å². The maximum Gasteiger partial charge on any atom is 0.407 e. The number of imidazole rings is 1. The molecular weight excluding hydrogens is 686 g/mol. The second-order valence-electron chi connectivity index (χ2n) is 14.3. The Balaban J connectivity index is 0.967. The van der Waals surface area contributed by atoms with Crippen molar-refractivity contribution in [3.63, 3.8) is 0 Å². The molecule has 5 atom stereocenters. The first-order chi connectivity index (χ1) is 26.2. The fourth-order valence-corrected chi connectivity index (χ4v) is 7.69. The van der Waals surface area contributed by atoms with Crippen molar-refractivity contribution in [3.8, 4) is 22.4 Å². The number of nitrogens with zero attached hydrogens (tertiary/aromatic N) is 6. The highest BCUT2D eigenvalue weighted by Crippen LogP contribution is 2.35. The molecule has 7 rings (SSSR count). The lowest BCUT2D eigenvalue weighted by molar-refractivity contribution is -0.140. The van der Waals surface area contributed by atoms with E-state index in [1.807, 2.05) is 36.0 Å².